The van der Waals surface area contributed by atoms with Gasteiger partial charge in [-0.1, -0.05) is 12.1 Å². The van der Waals surface area contributed by atoms with Crippen LogP contribution in [0.25, 0.3) is 5.57 Å². The number of amides is 2. The smallest absolute Gasteiger partial charge is 0.325 e. The predicted octanol–water partition coefficient (Wildman–Crippen LogP) is 2.28. The van der Waals surface area contributed by atoms with Crippen molar-refractivity contribution >= 4 is 40.6 Å². The molecular formula is C24H30N8O2. The van der Waals surface area contributed by atoms with Gasteiger partial charge in [0.1, 0.15) is 0 Å². The minimum absolute atomic E-state index is 0.0592. The van der Waals surface area contributed by atoms with Crippen LogP contribution in [0.1, 0.15) is 12.0 Å². The summed E-state index contributed by atoms with van der Waals surface area (Å²) in [5, 5.41) is 5.18. The van der Waals surface area contributed by atoms with Crippen LogP contribution in [-0.4, -0.2) is 62.7 Å². The van der Waals surface area contributed by atoms with E-state index in [2.05, 4.69) is 43.7 Å². The summed E-state index contributed by atoms with van der Waals surface area (Å²) in [6.45, 7) is 4.19. The Labute approximate surface area is 199 Å². The zero-order valence-electron chi connectivity index (χ0n) is 19.2. The van der Waals surface area contributed by atoms with Crippen molar-refractivity contribution in [2.24, 2.45) is 21.5 Å². The summed E-state index contributed by atoms with van der Waals surface area (Å²) in [5.74, 6) is -0.212. The number of carbonyl (C=O) groups excluding carboxylic acids is 1. The molecule has 0 unspecified atom stereocenters. The molecule has 0 aliphatic carbocycles. The van der Waals surface area contributed by atoms with Crippen molar-refractivity contribution < 1.29 is 9.53 Å². The Balaban J connectivity index is 1.30. The lowest BCUT2D eigenvalue weighted by Crippen LogP contribution is -2.40. The first-order chi connectivity index (χ1) is 16.5. The molecule has 0 bridgehead atoms. The van der Waals surface area contributed by atoms with Gasteiger partial charge >= 0.3 is 6.03 Å². The van der Waals surface area contributed by atoms with E-state index in [9.17, 15) is 4.79 Å². The fourth-order valence-corrected chi connectivity index (χ4v) is 3.83. The fourth-order valence-electron chi connectivity index (χ4n) is 3.83. The number of nitrogens with one attached hydrogen (secondary N) is 2. The Morgan fingerprint density at radius 2 is 1.71 bits per heavy atom. The van der Waals surface area contributed by atoms with E-state index in [1.54, 1.807) is 0 Å². The monoisotopic (exact) mass is 462 g/mol. The van der Waals surface area contributed by atoms with Crippen molar-refractivity contribution in [3.8, 4) is 0 Å². The van der Waals surface area contributed by atoms with Gasteiger partial charge in [-0.3, -0.25) is 5.32 Å². The lowest BCUT2D eigenvalue weighted by molar-refractivity contribution is 0.122. The molecule has 2 heterocycles. The number of anilines is 2. The maximum Gasteiger partial charge on any atom is 0.325 e. The van der Waals surface area contributed by atoms with Crippen molar-refractivity contribution in [3.05, 3.63) is 60.3 Å². The van der Waals surface area contributed by atoms with E-state index >= 15 is 0 Å². The van der Waals surface area contributed by atoms with Gasteiger partial charge in [-0.2, -0.15) is 4.99 Å². The first-order valence-corrected chi connectivity index (χ1v) is 11.2. The number of rotatable bonds is 4. The van der Waals surface area contributed by atoms with Crippen LogP contribution in [0.3, 0.4) is 0 Å². The van der Waals surface area contributed by atoms with E-state index in [0.29, 0.717) is 11.4 Å². The molecule has 2 aromatic carbocycles. The summed E-state index contributed by atoms with van der Waals surface area (Å²) >= 11 is 0. The highest BCUT2D eigenvalue weighted by atomic mass is 16.5. The molecule has 0 aromatic heterocycles. The predicted molar refractivity (Wildman–Crippen MR) is 136 cm³/mol. The number of carbonyl (C=O) groups is 1. The summed E-state index contributed by atoms with van der Waals surface area (Å²) < 4.78 is 5.38. The van der Waals surface area contributed by atoms with Crippen molar-refractivity contribution in [2.75, 3.05) is 50.1 Å². The number of ether oxygens (including phenoxy) is 1. The van der Waals surface area contributed by atoms with Crippen LogP contribution in [0.2, 0.25) is 0 Å². The standard InChI is InChI=1S/C24H30N8O2/c1-31-11-10-18(16-31)17-2-4-20(5-3-17)28-24(33)30-23(26)29-22(25)27-19-6-8-21(9-7-19)32-12-14-34-15-13-32/h2-9,16H,10-15H2,1H3,(H6,25,26,27,28,29,30,33). The average molecular weight is 463 g/mol. The third kappa shape index (κ3) is 6.26. The summed E-state index contributed by atoms with van der Waals surface area (Å²) in [7, 11) is 2.05. The van der Waals surface area contributed by atoms with E-state index in [1.807, 2.05) is 48.5 Å². The molecule has 1 fully saturated rings. The quantitative estimate of drug-likeness (QED) is 0.407. The largest absolute Gasteiger partial charge is 0.380 e. The average Bonchev–Trinajstić information content (AvgIpc) is 3.26. The molecule has 2 amide bonds. The molecule has 0 radical (unpaired) electrons. The highest BCUT2D eigenvalue weighted by molar-refractivity contribution is 6.05. The second kappa shape index (κ2) is 10.7. The van der Waals surface area contributed by atoms with Crippen LogP contribution in [-0.2, 0) is 4.74 Å². The molecule has 34 heavy (non-hydrogen) atoms. The maximum atomic E-state index is 12.2. The number of morpholine rings is 1. The first-order valence-electron chi connectivity index (χ1n) is 11.2. The zero-order valence-corrected chi connectivity index (χ0v) is 19.2. The topological polar surface area (TPSA) is 134 Å². The second-order valence-corrected chi connectivity index (χ2v) is 8.12. The highest BCUT2D eigenvalue weighted by Crippen LogP contribution is 2.25. The molecule has 2 aliphatic heterocycles. The van der Waals surface area contributed by atoms with Gasteiger partial charge in [-0.05, 0) is 54.0 Å². The first kappa shape index (κ1) is 23.1. The van der Waals surface area contributed by atoms with Crippen molar-refractivity contribution in [2.45, 2.75) is 6.42 Å². The van der Waals surface area contributed by atoms with Crippen LogP contribution in [0.4, 0.5) is 21.9 Å². The third-order valence-electron chi connectivity index (χ3n) is 5.57. The Hall–Kier alpha value is -4.05. The third-order valence-corrected chi connectivity index (χ3v) is 5.57. The number of nitrogens with zero attached hydrogens (tertiary/aromatic N) is 4. The number of aliphatic imine (C=N–C) groups is 2. The van der Waals surface area contributed by atoms with Crippen LogP contribution in [0, 0.1) is 0 Å². The Morgan fingerprint density at radius 3 is 2.35 bits per heavy atom. The van der Waals surface area contributed by atoms with Gasteiger partial charge in [0, 0.05) is 44.3 Å². The van der Waals surface area contributed by atoms with Gasteiger partial charge in [0.15, 0.2) is 0 Å². The number of nitrogens with two attached hydrogens (primary N) is 2. The highest BCUT2D eigenvalue weighted by Gasteiger charge is 2.12. The Kier molecular flexibility index (Phi) is 7.28. The van der Waals surface area contributed by atoms with Gasteiger partial charge in [0.2, 0.25) is 11.9 Å². The Morgan fingerprint density at radius 1 is 1.00 bits per heavy atom. The maximum absolute atomic E-state index is 12.2. The molecule has 0 spiro atoms. The SMILES string of the molecule is CN1C=C(c2ccc(NC(=O)N/C(N)=N\C(N)=Nc3ccc(N4CCOCC4)cc3)cc2)CC1. The molecule has 178 valence electrons. The van der Waals surface area contributed by atoms with Crippen molar-refractivity contribution in [1.29, 1.82) is 0 Å². The molecule has 10 nitrogen and oxygen atoms in total. The molecular weight excluding hydrogens is 432 g/mol. The van der Waals surface area contributed by atoms with Crippen LogP contribution in [0.15, 0.2) is 64.7 Å². The molecule has 6 N–H and O–H groups in total. The molecule has 4 rings (SSSR count). The number of benzene rings is 2. The van der Waals surface area contributed by atoms with Gasteiger partial charge in [-0.25, -0.2) is 9.79 Å². The molecule has 0 saturated carbocycles. The van der Waals surface area contributed by atoms with E-state index in [0.717, 1.165) is 50.5 Å². The van der Waals surface area contributed by atoms with Gasteiger partial charge in [0.05, 0.1) is 18.9 Å². The normalized spacial score (nSPS) is 16.9. The molecule has 2 aliphatic rings. The molecule has 10 heteroatoms. The molecule has 1 saturated heterocycles. The van der Waals surface area contributed by atoms with Crippen LogP contribution >= 0.6 is 0 Å². The summed E-state index contributed by atoms with van der Waals surface area (Å²) in [6.07, 6.45) is 3.15. The number of hydrogen-bond donors (Lipinski definition) is 4. The number of guanidine groups is 2. The van der Waals surface area contributed by atoms with E-state index < -0.39 is 6.03 Å². The van der Waals surface area contributed by atoms with Crippen molar-refractivity contribution in [3.63, 3.8) is 0 Å². The lowest BCUT2D eigenvalue weighted by atomic mass is 10.1. The molecule has 2 aromatic rings. The minimum Gasteiger partial charge on any atom is -0.380 e. The van der Waals surface area contributed by atoms with Crippen LogP contribution in [0.5, 0.6) is 0 Å². The summed E-state index contributed by atoms with van der Waals surface area (Å²) in [5.41, 5.74) is 16.5. The number of urea groups is 1. The fraction of sp³-hybridized carbons (Fsp3) is 0.292. The van der Waals surface area contributed by atoms with Crippen LogP contribution < -0.4 is 27.0 Å². The number of hydrogen-bond acceptors (Lipinski definition) is 5. The van der Waals surface area contributed by atoms with Gasteiger partial charge in [-0.15, -0.1) is 0 Å². The zero-order chi connectivity index (χ0) is 23.9. The minimum atomic E-state index is -0.517. The van der Waals surface area contributed by atoms with Gasteiger partial charge < -0.3 is 31.3 Å². The second-order valence-electron chi connectivity index (χ2n) is 8.12. The summed E-state index contributed by atoms with van der Waals surface area (Å²) in [4.78, 5) is 24.8. The van der Waals surface area contributed by atoms with E-state index in [-0.39, 0.29) is 11.9 Å². The lowest BCUT2D eigenvalue weighted by Gasteiger charge is -2.28. The van der Waals surface area contributed by atoms with E-state index in [1.165, 1.54) is 5.57 Å². The molecule has 0 atom stereocenters. The van der Waals surface area contributed by atoms with E-state index in [4.69, 9.17) is 16.2 Å². The Bertz CT molecular complexity index is 1090. The summed E-state index contributed by atoms with van der Waals surface area (Å²) in [6, 6.07) is 14.8. The van der Waals surface area contributed by atoms with Crippen molar-refractivity contribution in [1.82, 2.24) is 10.2 Å². The van der Waals surface area contributed by atoms with Gasteiger partial charge in [0.25, 0.3) is 0 Å².